The van der Waals surface area contributed by atoms with E-state index in [1.165, 1.54) is 10.6 Å². The molecule has 10 nitrogen and oxygen atoms in total. The smallest absolute Gasteiger partial charge is 0.227 e. The second kappa shape index (κ2) is 7.91. The number of sulfonamides is 1. The predicted octanol–water partition coefficient (Wildman–Crippen LogP) is 1.29. The number of hydrogen-bond acceptors (Lipinski definition) is 7. The normalized spacial score (nSPS) is 17.8. The number of fused-ring (bicyclic) bond motifs is 1. The van der Waals surface area contributed by atoms with E-state index in [1.807, 2.05) is 24.3 Å². The van der Waals surface area contributed by atoms with E-state index >= 15 is 0 Å². The van der Waals surface area contributed by atoms with Crippen LogP contribution in [0, 0.1) is 0 Å². The molecule has 1 aliphatic heterocycles. The lowest BCUT2D eigenvalue weighted by Crippen LogP contribution is -2.30. The van der Waals surface area contributed by atoms with Crippen molar-refractivity contribution in [3.05, 3.63) is 41.8 Å². The Morgan fingerprint density at radius 2 is 2.17 bits per heavy atom. The van der Waals surface area contributed by atoms with Crippen LogP contribution in [0.3, 0.4) is 0 Å². The highest BCUT2D eigenvalue weighted by molar-refractivity contribution is 7.88. The summed E-state index contributed by atoms with van der Waals surface area (Å²) in [7, 11) is -3.32. The van der Waals surface area contributed by atoms with Crippen LogP contribution in [-0.4, -0.2) is 51.5 Å². The number of rotatable bonds is 7. The Bertz CT molecular complexity index is 1090. The molecule has 154 valence electrons. The van der Waals surface area contributed by atoms with Crippen molar-refractivity contribution in [2.24, 2.45) is 0 Å². The fourth-order valence-electron chi connectivity index (χ4n) is 3.48. The third kappa shape index (κ3) is 4.46. The van der Waals surface area contributed by atoms with Crippen molar-refractivity contribution in [2.45, 2.75) is 38.3 Å². The molecule has 1 saturated heterocycles. The quantitative estimate of drug-likeness (QED) is 0.590. The summed E-state index contributed by atoms with van der Waals surface area (Å²) in [6.45, 7) is 0.756. The van der Waals surface area contributed by atoms with E-state index in [4.69, 9.17) is 4.52 Å². The highest BCUT2D eigenvalue weighted by Gasteiger charge is 2.35. The average molecular weight is 418 g/mol. The van der Waals surface area contributed by atoms with Gasteiger partial charge >= 0.3 is 0 Å². The number of aryl methyl sites for hydroxylation is 1. The molecule has 0 spiro atoms. The number of para-hydroxylation sites is 2. The molecule has 0 radical (unpaired) electrons. The van der Waals surface area contributed by atoms with Crippen molar-refractivity contribution in [2.75, 3.05) is 12.8 Å². The first-order chi connectivity index (χ1) is 13.9. The lowest BCUT2D eigenvalue weighted by molar-refractivity contribution is -0.121. The van der Waals surface area contributed by atoms with Crippen LogP contribution in [0.4, 0.5) is 0 Å². The Balaban J connectivity index is 1.29. The number of carbonyl (C=O) groups is 1. The van der Waals surface area contributed by atoms with Gasteiger partial charge in [-0.25, -0.2) is 13.4 Å². The molecule has 0 aliphatic carbocycles. The van der Waals surface area contributed by atoms with E-state index in [9.17, 15) is 13.2 Å². The first-order valence-electron chi connectivity index (χ1n) is 9.40. The first kappa shape index (κ1) is 19.5. The largest absolute Gasteiger partial charge is 0.349 e. The van der Waals surface area contributed by atoms with E-state index in [-0.39, 0.29) is 18.7 Å². The molecule has 1 aliphatic rings. The van der Waals surface area contributed by atoms with Gasteiger partial charge in [0.15, 0.2) is 5.82 Å². The summed E-state index contributed by atoms with van der Waals surface area (Å²) in [6.07, 6.45) is 3.06. The summed E-state index contributed by atoms with van der Waals surface area (Å²) in [5.41, 5.74) is 1.77. The molecule has 1 amide bonds. The molecule has 4 rings (SSSR count). The highest BCUT2D eigenvalue weighted by Crippen LogP contribution is 2.32. The van der Waals surface area contributed by atoms with Gasteiger partial charge in [0.2, 0.25) is 21.8 Å². The molecule has 1 atom stereocenters. The fraction of sp³-hybridized carbons (Fsp3) is 0.444. The number of aromatic nitrogens is 4. The monoisotopic (exact) mass is 418 g/mol. The van der Waals surface area contributed by atoms with Crippen molar-refractivity contribution in [3.63, 3.8) is 0 Å². The number of H-pyrrole nitrogens is 1. The zero-order valence-electron chi connectivity index (χ0n) is 16.0. The average Bonchev–Trinajstić information content (AvgIpc) is 3.42. The minimum atomic E-state index is -3.32. The van der Waals surface area contributed by atoms with Crippen LogP contribution in [0.2, 0.25) is 0 Å². The van der Waals surface area contributed by atoms with Gasteiger partial charge in [-0.2, -0.15) is 9.29 Å². The number of imidazole rings is 1. The third-order valence-electron chi connectivity index (χ3n) is 4.87. The van der Waals surface area contributed by atoms with Crippen molar-refractivity contribution in [1.29, 1.82) is 0 Å². The van der Waals surface area contributed by atoms with Gasteiger partial charge in [-0.3, -0.25) is 4.79 Å². The highest BCUT2D eigenvalue weighted by atomic mass is 32.2. The summed E-state index contributed by atoms with van der Waals surface area (Å²) < 4.78 is 30.3. The molecule has 29 heavy (non-hydrogen) atoms. The van der Waals surface area contributed by atoms with E-state index in [0.717, 1.165) is 17.5 Å². The van der Waals surface area contributed by atoms with Crippen LogP contribution in [0.25, 0.3) is 11.0 Å². The zero-order chi connectivity index (χ0) is 20.4. The van der Waals surface area contributed by atoms with Crippen LogP contribution in [0.15, 0.2) is 28.8 Å². The molecular weight excluding hydrogens is 396 g/mol. The van der Waals surface area contributed by atoms with Crippen molar-refractivity contribution in [1.82, 2.24) is 29.7 Å². The number of benzene rings is 1. The van der Waals surface area contributed by atoms with Gasteiger partial charge in [-0.1, -0.05) is 17.3 Å². The second-order valence-corrected chi connectivity index (χ2v) is 8.99. The third-order valence-corrected chi connectivity index (χ3v) is 6.16. The van der Waals surface area contributed by atoms with Crippen molar-refractivity contribution in [3.8, 4) is 0 Å². The minimum absolute atomic E-state index is 0.163. The van der Waals surface area contributed by atoms with E-state index in [1.54, 1.807) is 0 Å². The Hall–Kier alpha value is -2.79. The summed E-state index contributed by atoms with van der Waals surface area (Å²) in [5.74, 6) is 1.19. The minimum Gasteiger partial charge on any atom is -0.349 e. The molecule has 0 saturated carbocycles. The first-order valence-corrected chi connectivity index (χ1v) is 11.2. The van der Waals surface area contributed by atoms with Crippen LogP contribution in [0.1, 0.15) is 42.8 Å². The number of nitrogens with one attached hydrogen (secondary N) is 2. The van der Waals surface area contributed by atoms with Gasteiger partial charge in [0.05, 0.1) is 29.9 Å². The summed E-state index contributed by atoms with van der Waals surface area (Å²) >= 11 is 0. The number of aromatic amines is 1. The van der Waals surface area contributed by atoms with E-state index < -0.39 is 16.1 Å². The summed E-state index contributed by atoms with van der Waals surface area (Å²) in [6, 6.07) is 7.26. The number of nitrogens with zero attached hydrogens (tertiary/aromatic N) is 4. The lowest BCUT2D eigenvalue weighted by Gasteiger charge is -2.18. The van der Waals surface area contributed by atoms with Gasteiger partial charge in [-0.15, -0.1) is 0 Å². The summed E-state index contributed by atoms with van der Waals surface area (Å²) in [4.78, 5) is 24.0. The van der Waals surface area contributed by atoms with Crippen molar-refractivity contribution < 1.29 is 17.7 Å². The molecule has 1 fully saturated rings. The second-order valence-electron chi connectivity index (χ2n) is 7.06. The Morgan fingerprint density at radius 3 is 2.97 bits per heavy atom. The molecule has 11 heteroatoms. The van der Waals surface area contributed by atoms with E-state index in [2.05, 4.69) is 25.4 Å². The Labute approximate surface area is 167 Å². The standard InChI is InChI=1S/C18H22N6O4S/c1-29(26,27)24-10-4-7-14(24)18-22-17(28-23-18)9-8-16(25)19-11-15-20-12-5-2-3-6-13(12)21-15/h2-3,5-6,14H,4,7-11H2,1H3,(H,19,25)(H,20,21). The lowest BCUT2D eigenvalue weighted by atomic mass is 10.2. The van der Waals surface area contributed by atoms with Crippen LogP contribution < -0.4 is 5.32 Å². The fourth-order valence-corrected chi connectivity index (χ4v) is 4.60. The van der Waals surface area contributed by atoms with Crippen LogP contribution >= 0.6 is 0 Å². The van der Waals surface area contributed by atoms with Gasteiger partial charge in [0.1, 0.15) is 5.82 Å². The predicted molar refractivity (Wildman–Crippen MR) is 104 cm³/mol. The van der Waals surface area contributed by atoms with Gasteiger partial charge in [-0.05, 0) is 25.0 Å². The topological polar surface area (TPSA) is 134 Å². The van der Waals surface area contributed by atoms with E-state index in [0.29, 0.717) is 37.0 Å². The molecule has 3 aromatic rings. The van der Waals surface area contributed by atoms with Gasteiger partial charge in [0, 0.05) is 19.4 Å². The Kier molecular flexibility index (Phi) is 5.33. The van der Waals surface area contributed by atoms with Gasteiger partial charge < -0.3 is 14.8 Å². The van der Waals surface area contributed by atoms with Crippen LogP contribution in [0.5, 0.6) is 0 Å². The molecular formula is C18H22N6O4S. The SMILES string of the molecule is CS(=O)(=O)N1CCCC1c1noc(CCC(=O)NCc2nc3ccccc3[nH]2)n1. The summed E-state index contributed by atoms with van der Waals surface area (Å²) in [5, 5.41) is 6.73. The molecule has 2 N–H and O–H groups in total. The molecule has 3 heterocycles. The zero-order valence-corrected chi connectivity index (χ0v) is 16.8. The van der Waals surface area contributed by atoms with Crippen molar-refractivity contribution >= 4 is 27.0 Å². The molecule has 1 aromatic carbocycles. The molecule has 2 aromatic heterocycles. The molecule has 1 unspecified atom stereocenters. The number of carbonyl (C=O) groups excluding carboxylic acids is 1. The van der Waals surface area contributed by atoms with Crippen LogP contribution in [-0.2, 0) is 27.8 Å². The maximum atomic E-state index is 12.1. The number of hydrogen-bond donors (Lipinski definition) is 2. The maximum Gasteiger partial charge on any atom is 0.227 e. The maximum absolute atomic E-state index is 12.1. The molecule has 0 bridgehead atoms. The Morgan fingerprint density at radius 1 is 1.34 bits per heavy atom. The number of amides is 1. The van der Waals surface area contributed by atoms with Gasteiger partial charge in [0.25, 0.3) is 0 Å².